The molecule has 6 nitrogen and oxygen atoms in total. The Morgan fingerprint density at radius 2 is 1.77 bits per heavy atom. The first kappa shape index (κ1) is 17.8. The first-order valence-electron chi connectivity index (χ1n) is 8.60. The lowest BCUT2D eigenvalue weighted by Gasteiger charge is -2.19. The maximum absolute atomic E-state index is 13.0. The van der Waals surface area contributed by atoms with Crippen LogP contribution in [0.5, 0.6) is 11.5 Å². The Kier molecular flexibility index (Phi) is 5.11. The molecular weight excluding hydrogens is 334 g/mol. The van der Waals surface area contributed by atoms with Gasteiger partial charge in [-0.15, -0.1) is 0 Å². The molecule has 0 aliphatic carbocycles. The molecule has 3 rings (SSSR count). The van der Waals surface area contributed by atoms with Gasteiger partial charge in [0.15, 0.2) is 11.5 Å². The van der Waals surface area contributed by atoms with Crippen molar-refractivity contribution < 1.29 is 24.2 Å². The third-order valence-electron chi connectivity index (χ3n) is 4.30. The van der Waals surface area contributed by atoms with E-state index in [0.29, 0.717) is 41.5 Å². The van der Waals surface area contributed by atoms with Crippen molar-refractivity contribution in [3.05, 3.63) is 53.6 Å². The molecule has 1 unspecified atom stereocenters. The lowest BCUT2D eigenvalue weighted by atomic mass is 10.0. The van der Waals surface area contributed by atoms with Crippen molar-refractivity contribution in [1.29, 1.82) is 0 Å². The number of carbonyl (C=O) groups is 2. The lowest BCUT2D eigenvalue weighted by Crippen LogP contribution is -2.31. The van der Waals surface area contributed by atoms with E-state index in [1.54, 1.807) is 42.5 Å². The molecule has 0 fully saturated rings. The molecule has 0 bridgehead atoms. The van der Waals surface area contributed by atoms with E-state index in [1.165, 1.54) is 4.90 Å². The van der Waals surface area contributed by atoms with E-state index >= 15 is 0 Å². The molecule has 0 saturated carbocycles. The van der Waals surface area contributed by atoms with Crippen LogP contribution in [-0.4, -0.2) is 36.7 Å². The summed E-state index contributed by atoms with van der Waals surface area (Å²) in [4.78, 5) is 26.1. The first-order valence-corrected chi connectivity index (χ1v) is 8.60. The van der Waals surface area contributed by atoms with Crippen LogP contribution >= 0.6 is 0 Å². The van der Waals surface area contributed by atoms with E-state index in [9.17, 15) is 14.7 Å². The number of ether oxygens (including phenoxy) is 2. The summed E-state index contributed by atoms with van der Waals surface area (Å²) in [7, 11) is 0. The standard InChI is InChI=1S/C20H21NO5/c1-3-25-17-10-9-13(11-18(17)26-4-2)19(22)21-12-15(20(23)24)14-7-5-6-8-16(14)21/h5-11,15H,3-4,12H2,1-2H3,(H,23,24). The maximum atomic E-state index is 13.0. The smallest absolute Gasteiger partial charge is 0.312 e. The molecule has 1 heterocycles. The highest BCUT2D eigenvalue weighted by Crippen LogP contribution is 2.38. The van der Waals surface area contributed by atoms with Gasteiger partial charge in [0.05, 0.1) is 13.2 Å². The zero-order valence-corrected chi connectivity index (χ0v) is 14.8. The van der Waals surface area contributed by atoms with Crippen LogP contribution in [0.25, 0.3) is 0 Å². The van der Waals surface area contributed by atoms with Crippen LogP contribution < -0.4 is 14.4 Å². The number of para-hydroxylation sites is 1. The monoisotopic (exact) mass is 355 g/mol. The summed E-state index contributed by atoms with van der Waals surface area (Å²) in [6.45, 7) is 4.80. The third kappa shape index (κ3) is 3.22. The van der Waals surface area contributed by atoms with Gasteiger partial charge in [0.2, 0.25) is 0 Å². The molecule has 0 saturated heterocycles. The molecule has 0 aromatic heterocycles. The van der Waals surface area contributed by atoms with E-state index in [2.05, 4.69) is 0 Å². The number of amides is 1. The van der Waals surface area contributed by atoms with Crippen molar-refractivity contribution in [2.24, 2.45) is 0 Å². The Morgan fingerprint density at radius 3 is 2.46 bits per heavy atom. The number of carboxylic acid groups (broad SMARTS) is 1. The zero-order valence-electron chi connectivity index (χ0n) is 14.8. The topological polar surface area (TPSA) is 76.1 Å². The number of nitrogens with zero attached hydrogens (tertiary/aromatic N) is 1. The summed E-state index contributed by atoms with van der Waals surface area (Å²) in [6, 6.07) is 12.1. The summed E-state index contributed by atoms with van der Waals surface area (Å²) in [5.41, 5.74) is 1.72. The van der Waals surface area contributed by atoms with Gasteiger partial charge in [-0.1, -0.05) is 18.2 Å². The van der Waals surface area contributed by atoms with Gasteiger partial charge >= 0.3 is 5.97 Å². The maximum Gasteiger partial charge on any atom is 0.312 e. The van der Waals surface area contributed by atoms with E-state index in [1.807, 2.05) is 13.8 Å². The number of carboxylic acids is 1. The molecule has 2 aromatic rings. The van der Waals surface area contributed by atoms with Crippen molar-refractivity contribution in [1.82, 2.24) is 0 Å². The third-order valence-corrected chi connectivity index (χ3v) is 4.30. The second-order valence-electron chi connectivity index (χ2n) is 5.89. The van der Waals surface area contributed by atoms with Crippen LogP contribution in [0.15, 0.2) is 42.5 Å². The summed E-state index contributed by atoms with van der Waals surface area (Å²) in [6.07, 6.45) is 0. The largest absolute Gasteiger partial charge is 0.490 e. The fourth-order valence-corrected chi connectivity index (χ4v) is 3.15. The predicted octanol–water partition coefficient (Wildman–Crippen LogP) is 3.31. The summed E-state index contributed by atoms with van der Waals surface area (Å²) in [5, 5.41) is 9.47. The van der Waals surface area contributed by atoms with Crippen LogP contribution in [0.1, 0.15) is 35.7 Å². The summed E-state index contributed by atoms with van der Waals surface area (Å²) >= 11 is 0. The van der Waals surface area contributed by atoms with Crippen molar-refractivity contribution >= 4 is 17.6 Å². The van der Waals surface area contributed by atoms with Gasteiger partial charge in [-0.3, -0.25) is 9.59 Å². The van der Waals surface area contributed by atoms with Gasteiger partial charge < -0.3 is 19.5 Å². The molecule has 0 radical (unpaired) electrons. The van der Waals surface area contributed by atoms with Crippen molar-refractivity contribution in [3.8, 4) is 11.5 Å². The molecule has 6 heteroatoms. The minimum atomic E-state index is -0.936. The second-order valence-corrected chi connectivity index (χ2v) is 5.89. The van der Waals surface area contributed by atoms with Gasteiger partial charge in [-0.05, 0) is 43.7 Å². The molecule has 1 aliphatic rings. The predicted molar refractivity (Wildman–Crippen MR) is 97.3 cm³/mol. The lowest BCUT2D eigenvalue weighted by molar-refractivity contribution is -0.138. The van der Waals surface area contributed by atoms with Crippen molar-refractivity contribution in [3.63, 3.8) is 0 Å². The summed E-state index contributed by atoms with van der Waals surface area (Å²) in [5.74, 6) is -0.831. The fraction of sp³-hybridized carbons (Fsp3) is 0.300. The SMILES string of the molecule is CCOc1ccc(C(=O)N2CC(C(=O)O)c3ccccc32)cc1OCC. The van der Waals surface area contributed by atoms with Gasteiger partial charge in [0.1, 0.15) is 5.92 Å². The first-order chi connectivity index (χ1) is 12.6. The van der Waals surface area contributed by atoms with E-state index < -0.39 is 11.9 Å². The second kappa shape index (κ2) is 7.47. The van der Waals surface area contributed by atoms with Crippen LogP contribution in [0.2, 0.25) is 0 Å². The van der Waals surface area contributed by atoms with Gasteiger partial charge in [-0.25, -0.2) is 0 Å². The Labute approximate surface area is 152 Å². The number of rotatable bonds is 6. The van der Waals surface area contributed by atoms with Crippen LogP contribution in [-0.2, 0) is 4.79 Å². The highest BCUT2D eigenvalue weighted by Gasteiger charge is 2.36. The normalized spacial score (nSPS) is 15.5. The molecule has 136 valence electrons. The highest BCUT2D eigenvalue weighted by molar-refractivity contribution is 6.09. The molecule has 0 spiro atoms. The number of anilines is 1. The van der Waals surface area contributed by atoms with Crippen molar-refractivity contribution in [2.75, 3.05) is 24.7 Å². The Hall–Kier alpha value is -3.02. The average Bonchev–Trinajstić information content (AvgIpc) is 3.03. The molecule has 1 aliphatic heterocycles. The van der Waals surface area contributed by atoms with E-state index in [4.69, 9.17) is 9.47 Å². The number of benzene rings is 2. The van der Waals surface area contributed by atoms with E-state index in [0.717, 1.165) is 0 Å². The van der Waals surface area contributed by atoms with Gasteiger partial charge in [-0.2, -0.15) is 0 Å². The quantitative estimate of drug-likeness (QED) is 0.860. The number of carbonyl (C=O) groups excluding carboxylic acids is 1. The van der Waals surface area contributed by atoms with Gasteiger partial charge in [0, 0.05) is 17.8 Å². The van der Waals surface area contributed by atoms with E-state index in [-0.39, 0.29) is 12.5 Å². The van der Waals surface area contributed by atoms with Crippen molar-refractivity contribution in [2.45, 2.75) is 19.8 Å². The molecule has 1 amide bonds. The average molecular weight is 355 g/mol. The van der Waals surface area contributed by atoms with Crippen LogP contribution in [0.4, 0.5) is 5.69 Å². The molecule has 26 heavy (non-hydrogen) atoms. The Balaban J connectivity index is 1.95. The van der Waals surface area contributed by atoms with Gasteiger partial charge in [0.25, 0.3) is 5.91 Å². The zero-order chi connectivity index (χ0) is 18.7. The highest BCUT2D eigenvalue weighted by atomic mass is 16.5. The minimum Gasteiger partial charge on any atom is -0.490 e. The molecule has 1 atom stereocenters. The minimum absolute atomic E-state index is 0.116. The molecule has 1 N–H and O–H groups in total. The molecular formula is C20H21NO5. The fourth-order valence-electron chi connectivity index (χ4n) is 3.15. The number of aliphatic carboxylic acids is 1. The van der Waals surface area contributed by atoms with Crippen LogP contribution in [0, 0.1) is 0 Å². The molecule has 2 aromatic carbocycles. The number of hydrogen-bond acceptors (Lipinski definition) is 4. The van der Waals surface area contributed by atoms with Crippen LogP contribution in [0.3, 0.4) is 0 Å². The Bertz CT molecular complexity index is 833. The Morgan fingerprint density at radius 1 is 1.08 bits per heavy atom. The number of fused-ring (bicyclic) bond motifs is 1. The number of hydrogen-bond donors (Lipinski definition) is 1. The summed E-state index contributed by atoms with van der Waals surface area (Å²) < 4.78 is 11.1.